The smallest absolute Gasteiger partial charge is 0.191 e. The third kappa shape index (κ3) is 5.73. The molecule has 1 saturated heterocycles. The average Bonchev–Trinajstić information content (AvgIpc) is 3.47. The Balaban J connectivity index is 1.50. The Labute approximate surface area is 189 Å². The van der Waals surface area contributed by atoms with E-state index in [1.54, 1.807) is 0 Å². The van der Waals surface area contributed by atoms with Crippen LogP contribution in [0.1, 0.15) is 41.5 Å². The highest BCUT2D eigenvalue weighted by atomic mass is 16.5. The summed E-state index contributed by atoms with van der Waals surface area (Å²) in [7, 11) is 1.97. The molecule has 4 rings (SSSR count). The highest BCUT2D eigenvalue weighted by molar-refractivity contribution is 5.80. The first-order valence-corrected chi connectivity index (χ1v) is 11.3. The van der Waals surface area contributed by atoms with Crippen molar-refractivity contribution >= 4 is 5.96 Å². The zero-order valence-corrected chi connectivity index (χ0v) is 18.9. The van der Waals surface area contributed by atoms with E-state index in [9.17, 15) is 0 Å². The van der Waals surface area contributed by atoms with Crippen LogP contribution in [0.5, 0.6) is 0 Å². The quantitative estimate of drug-likeness (QED) is 0.422. The number of nitrogens with zero attached hydrogens (tertiary/aromatic N) is 4. The first-order valence-electron chi connectivity index (χ1n) is 11.3. The van der Waals surface area contributed by atoms with Gasteiger partial charge in [-0.1, -0.05) is 60.7 Å². The van der Waals surface area contributed by atoms with E-state index in [0.29, 0.717) is 6.54 Å². The van der Waals surface area contributed by atoms with Crippen molar-refractivity contribution in [1.29, 1.82) is 0 Å². The Morgan fingerprint density at radius 2 is 1.75 bits per heavy atom. The van der Waals surface area contributed by atoms with Gasteiger partial charge >= 0.3 is 0 Å². The molecule has 0 bridgehead atoms. The lowest BCUT2D eigenvalue weighted by atomic mass is 9.91. The lowest BCUT2D eigenvalue weighted by molar-refractivity contribution is 0.114. The van der Waals surface area contributed by atoms with E-state index in [1.807, 2.05) is 18.5 Å². The van der Waals surface area contributed by atoms with Crippen molar-refractivity contribution in [3.8, 4) is 0 Å². The summed E-state index contributed by atoms with van der Waals surface area (Å²) in [6, 6.07) is 21.2. The average molecular weight is 433 g/mol. The van der Waals surface area contributed by atoms with Crippen LogP contribution in [-0.4, -0.2) is 46.5 Å². The summed E-state index contributed by atoms with van der Waals surface area (Å²) < 4.78 is 7.75. The van der Waals surface area contributed by atoms with Crippen LogP contribution >= 0.6 is 0 Å². The van der Waals surface area contributed by atoms with Gasteiger partial charge in [0.1, 0.15) is 12.4 Å². The second-order valence-corrected chi connectivity index (χ2v) is 8.16. The molecular formula is C25H32N6O. The van der Waals surface area contributed by atoms with E-state index in [-0.39, 0.29) is 12.0 Å². The molecule has 3 aromatic rings. The number of benzene rings is 2. The Kier molecular flexibility index (Phi) is 7.51. The second kappa shape index (κ2) is 10.9. The minimum atomic E-state index is 0.212. The molecule has 0 amide bonds. The van der Waals surface area contributed by atoms with Crippen molar-refractivity contribution in [3.05, 3.63) is 83.4 Å². The monoisotopic (exact) mass is 432 g/mol. The normalized spacial score (nSPS) is 16.5. The molecule has 32 heavy (non-hydrogen) atoms. The third-order valence-corrected chi connectivity index (χ3v) is 5.96. The molecule has 0 radical (unpaired) electrons. The van der Waals surface area contributed by atoms with Crippen molar-refractivity contribution in [1.82, 2.24) is 25.4 Å². The Bertz CT molecular complexity index is 956. The van der Waals surface area contributed by atoms with Gasteiger partial charge in [-0.15, -0.1) is 10.2 Å². The van der Waals surface area contributed by atoms with Gasteiger partial charge in [-0.2, -0.15) is 0 Å². The molecule has 0 saturated carbocycles. The summed E-state index contributed by atoms with van der Waals surface area (Å²) in [4.78, 5) is 4.80. The molecule has 1 aliphatic rings. The maximum Gasteiger partial charge on any atom is 0.191 e. The van der Waals surface area contributed by atoms with Crippen LogP contribution in [0.2, 0.25) is 0 Å². The van der Waals surface area contributed by atoms with Crippen molar-refractivity contribution in [2.24, 2.45) is 12.0 Å². The Morgan fingerprint density at radius 3 is 2.31 bits per heavy atom. The number of ether oxygens (including phenoxy) is 1. The lowest BCUT2D eigenvalue weighted by Crippen LogP contribution is -2.42. The topological polar surface area (TPSA) is 76.4 Å². The maximum atomic E-state index is 5.78. The van der Waals surface area contributed by atoms with Crippen molar-refractivity contribution in [2.45, 2.75) is 38.3 Å². The summed E-state index contributed by atoms with van der Waals surface area (Å²) in [5, 5.41) is 15.4. The predicted molar refractivity (Wildman–Crippen MR) is 127 cm³/mol. The van der Waals surface area contributed by atoms with Crippen LogP contribution in [-0.2, 0) is 18.3 Å². The summed E-state index contributed by atoms with van der Waals surface area (Å²) in [6.45, 7) is 4.71. The maximum absolute atomic E-state index is 5.78. The molecule has 1 fully saturated rings. The summed E-state index contributed by atoms with van der Waals surface area (Å²) in [6.07, 6.45) is 2.44. The number of guanidine groups is 1. The molecule has 168 valence electrons. The van der Waals surface area contributed by atoms with Crippen LogP contribution in [0.15, 0.2) is 65.7 Å². The van der Waals surface area contributed by atoms with Gasteiger partial charge in [0.15, 0.2) is 11.8 Å². The molecule has 7 heteroatoms. The summed E-state index contributed by atoms with van der Waals surface area (Å²) in [5.74, 6) is 2.69. The SMILES string of the molecule is Cc1nnc(CN=C(NCC2CCCO2)NCC(c2ccccc2)c2ccccc2)n1C. The fourth-order valence-corrected chi connectivity index (χ4v) is 3.93. The zero-order chi connectivity index (χ0) is 22.2. The van der Waals surface area contributed by atoms with Crippen molar-refractivity contribution < 1.29 is 4.74 Å². The van der Waals surface area contributed by atoms with Gasteiger partial charge in [-0.25, -0.2) is 4.99 Å². The van der Waals surface area contributed by atoms with E-state index in [4.69, 9.17) is 9.73 Å². The number of aryl methyl sites for hydroxylation is 1. The zero-order valence-electron chi connectivity index (χ0n) is 18.9. The van der Waals surface area contributed by atoms with E-state index >= 15 is 0 Å². The van der Waals surface area contributed by atoms with E-state index in [1.165, 1.54) is 11.1 Å². The van der Waals surface area contributed by atoms with Gasteiger partial charge in [0.05, 0.1) is 6.10 Å². The van der Waals surface area contributed by atoms with Gasteiger partial charge in [0, 0.05) is 32.7 Å². The van der Waals surface area contributed by atoms with Crippen LogP contribution in [0.3, 0.4) is 0 Å². The van der Waals surface area contributed by atoms with Crippen LogP contribution in [0.4, 0.5) is 0 Å². The molecule has 0 aliphatic carbocycles. The molecule has 1 unspecified atom stereocenters. The highest BCUT2D eigenvalue weighted by Gasteiger charge is 2.18. The Morgan fingerprint density at radius 1 is 1.06 bits per heavy atom. The number of hydrogen-bond acceptors (Lipinski definition) is 4. The van der Waals surface area contributed by atoms with Gasteiger partial charge in [-0.05, 0) is 30.9 Å². The van der Waals surface area contributed by atoms with Gasteiger partial charge in [-0.3, -0.25) is 0 Å². The van der Waals surface area contributed by atoms with Crippen molar-refractivity contribution in [3.63, 3.8) is 0 Å². The number of aromatic nitrogens is 3. The fraction of sp³-hybridized carbons (Fsp3) is 0.400. The number of rotatable bonds is 8. The number of hydrogen-bond donors (Lipinski definition) is 2. The van der Waals surface area contributed by atoms with Gasteiger partial charge < -0.3 is 19.9 Å². The first-order chi connectivity index (χ1) is 15.7. The van der Waals surface area contributed by atoms with E-state index in [0.717, 1.165) is 50.1 Å². The minimum absolute atomic E-state index is 0.212. The summed E-state index contributed by atoms with van der Waals surface area (Å²) >= 11 is 0. The van der Waals surface area contributed by atoms with Gasteiger partial charge in [0.25, 0.3) is 0 Å². The third-order valence-electron chi connectivity index (χ3n) is 5.96. The van der Waals surface area contributed by atoms with Gasteiger partial charge in [0.2, 0.25) is 0 Å². The molecule has 2 heterocycles. The predicted octanol–water partition coefficient (Wildman–Crippen LogP) is 3.17. The molecular weight excluding hydrogens is 400 g/mol. The molecule has 2 aromatic carbocycles. The largest absolute Gasteiger partial charge is 0.376 e. The lowest BCUT2D eigenvalue weighted by Gasteiger charge is -2.21. The molecule has 7 nitrogen and oxygen atoms in total. The minimum Gasteiger partial charge on any atom is -0.376 e. The molecule has 2 N–H and O–H groups in total. The second-order valence-electron chi connectivity index (χ2n) is 8.16. The van der Waals surface area contributed by atoms with E-state index in [2.05, 4.69) is 81.5 Å². The van der Waals surface area contributed by atoms with Crippen LogP contribution in [0.25, 0.3) is 0 Å². The molecule has 1 atom stereocenters. The standard InChI is InChI=1S/C25H32N6O/c1-19-29-30-24(31(19)2)18-28-25(26-16-22-14-9-15-32-22)27-17-23(20-10-5-3-6-11-20)21-12-7-4-8-13-21/h3-8,10-13,22-23H,9,14-18H2,1-2H3,(H2,26,27,28). The fourth-order valence-electron chi connectivity index (χ4n) is 3.93. The number of aliphatic imine (C=N–C) groups is 1. The van der Waals surface area contributed by atoms with Crippen LogP contribution < -0.4 is 10.6 Å². The molecule has 0 spiro atoms. The Hall–Kier alpha value is -3.19. The van der Waals surface area contributed by atoms with E-state index < -0.39 is 0 Å². The van der Waals surface area contributed by atoms with Crippen molar-refractivity contribution in [2.75, 3.05) is 19.7 Å². The molecule has 1 aromatic heterocycles. The highest BCUT2D eigenvalue weighted by Crippen LogP contribution is 2.23. The first kappa shape index (κ1) is 22.0. The summed E-state index contributed by atoms with van der Waals surface area (Å²) in [5.41, 5.74) is 2.54. The molecule has 1 aliphatic heterocycles. The van der Waals surface area contributed by atoms with Crippen LogP contribution in [0, 0.1) is 6.92 Å². The number of nitrogens with one attached hydrogen (secondary N) is 2.